The predicted molar refractivity (Wildman–Crippen MR) is 108 cm³/mol. The fourth-order valence-corrected chi connectivity index (χ4v) is 3.51. The van der Waals surface area contributed by atoms with Crippen molar-refractivity contribution in [3.8, 4) is 0 Å². The SMILES string of the molecule is CCCCc1nc2c3ccccc3n(Cc3cc(C)ccc3C)c(=O)n2n1. The third kappa shape index (κ3) is 3.14. The van der Waals surface area contributed by atoms with E-state index in [1.165, 1.54) is 15.6 Å². The van der Waals surface area contributed by atoms with Gasteiger partial charge in [0.15, 0.2) is 11.5 Å². The lowest BCUT2D eigenvalue weighted by Gasteiger charge is -2.13. The minimum Gasteiger partial charge on any atom is -0.287 e. The van der Waals surface area contributed by atoms with E-state index in [0.717, 1.165) is 41.6 Å². The lowest BCUT2D eigenvalue weighted by atomic mass is 10.1. The molecule has 0 aliphatic heterocycles. The minimum atomic E-state index is -0.139. The van der Waals surface area contributed by atoms with E-state index in [0.29, 0.717) is 12.2 Å². The first-order valence-corrected chi connectivity index (χ1v) is 9.52. The van der Waals surface area contributed by atoms with Crippen molar-refractivity contribution in [2.75, 3.05) is 0 Å². The molecule has 5 heteroatoms. The molecule has 2 aromatic carbocycles. The fraction of sp³-hybridized carbons (Fsp3) is 0.318. The molecule has 0 atom stereocenters. The highest BCUT2D eigenvalue weighted by atomic mass is 16.2. The Morgan fingerprint density at radius 2 is 1.89 bits per heavy atom. The number of aryl methyl sites for hydroxylation is 3. The molecule has 138 valence electrons. The molecule has 5 nitrogen and oxygen atoms in total. The molecule has 0 fully saturated rings. The molecule has 2 heterocycles. The van der Waals surface area contributed by atoms with Crippen LogP contribution in [0.25, 0.3) is 16.6 Å². The van der Waals surface area contributed by atoms with Gasteiger partial charge in [-0.2, -0.15) is 4.52 Å². The Kier molecular flexibility index (Phi) is 4.52. The fourth-order valence-electron chi connectivity index (χ4n) is 3.51. The van der Waals surface area contributed by atoms with E-state index >= 15 is 0 Å². The number of aromatic nitrogens is 4. The summed E-state index contributed by atoms with van der Waals surface area (Å²) in [6, 6.07) is 14.3. The molecular formula is C22H24N4O. The Labute approximate surface area is 158 Å². The van der Waals surface area contributed by atoms with E-state index < -0.39 is 0 Å². The van der Waals surface area contributed by atoms with Crippen molar-refractivity contribution in [2.24, 2.45) is 0 Å². The maximum Gasteiger partial charge on any atom is 0.351 e. The second-order valence-corrected chi connectivity index (χ2v) is 7.18. The molecule has 0 saturated heterocycles. The number of fused-ring (bicyclic) bond motifs is 3. The van der Waals surface area contributed by atoms with E-state index in [2.05, 4.69) is 49.1 Å². The number of rotatable bonds is 5. The summed E-state index contributed by atoms with van der Waals surface area (Å²) in [5.41, 5.74) is 4.92. The van der Waals surface area contributed by atoms with Crippen LogP contribution >= 0.6 is 0 Å². The Bertz CT molecular complexity index is 1190. The van der Waals surface area contributed by atoms with E-state index in [4.69, 9.17) is 0 Å². The van der Waals surface area contributed by atoms with Gasteiger partial charge in [0.2, 0.25) is 0 Å². The topological polar surface area (TPSA) is 52.2 Å². The van der Waals surface area contributed by atoms with E-state index in [9.17, 15) is 4.79 Å². The Morgan fingerprint density at radius 3 is 2.70 bits per heavy atom. The monoisotopic (exact) mass is 360 g/mol. The van der Waals surface area contributed by atoms with Crippen molar-refractivity contribution in [1.29, 1.82) is 0 Å². The van der Waals surface area contributed by atoms with Crippen LogP contribution in [0.1, 0.15) is 42.3 Å². The maximum atomic E-state index is 13.3. The summed E-state index contributed by atoms with van der Waals surface area (Å²) in [6.45, 7) is 6.82. The Balaban J connectivity index is 1.94. The molecule has 0 spiro atoms. The van der Waals surface area contributed by atoms with Gasteiger partial charge in [0.25, 0.3) is 0 Å². The molecule has 0 aliphatic carbocycles. The molecular weight excluding hydrogens is 336 g/mol. The number of benzene rings is 2. The van der Waals surface area contributed by atoms with Gasteiger partial charge in [-0.1, -0.05) is 49.2 Å². The van der Waals surface area contributed by atoms with E-state index in [1.807, 2.05) is 28.8 Å². The van der Waals surface area contributed by atoms with Gasteiger partial charge in [-0.25, -0.2) is 9.78 Å². The Hall–Kier alpha value is -2.95. The van der Waals surface area contributed by atoms with Gasteiger partial charge in [-0.05, 0) is 43.5 Å². The molecule has 0 bridgehead atoms. The van der Waals surface area contributed by atoms with Gasteiger partial charge < -0.3 is 0 Å². The second-order valence-electron chi connectivity index (χ2n) is 7.18. The molecule has 4 rings (SSSR count). The zero-order valence-electron chi connectivity index (χ0n) is 16.1. The quantitative estimate of drug-likeness (QED) is 0.539. The van der Waals surface area contributed by atoms with Crippen molar-refractivity contribution in [3.63, 3.8) is 0 Å². The molecule has 2 aromatic heterocycles. The largest absolute Gasteiger partial charge is 0.351 e. The summed E-state index contributed by atoms with van der Waals surface area (Å²) in [5.74, 6) is 0.739. The van der Waals surface area contributed by atoms with Crippen LogP contribution in [0.2, 0.25) is 0 Å². The number of hydrogen-bond acceptors (Lipinski definition) is 3. The summed E-state index contributed by atoms with van der Waals surface area (Å²) >= 11 is 0. The van der Waals surface area contributed by atoms with Gasteiger partial charge in [-0.3, -0.25) is 4.57 Å². The summed E-state index contributed by atoms with van der Waals surface area (Å²) in [6.07, 6.45) is 2.89. The van der Waals surface area contributed by atoms with E-state index in [-0.39, 0.29) is 5.69 Å². The third-order valence-corrected chi connectivity index (χ3v) is 5.09. The van der Waals surface area contributed by atoms with Crippen LogP contribution in [0, 0.1) is 13.8 Å². The van der Waals surface area contributed by atoms with Crippen LogP contribution in [0.15, 0.2) is 47.3 Å². The van der Waals surface area contributed by atoms with Gasteiger partial charge >= 0.3 is 5.69 Å². The van der Waals surface area contributed by atoms with Crippen LogP contribution in [0.5, 0.6) is 0 Å². The molecule has 27 heavy (non-hydrogen) atoms. The maximum absolute atomic E-state index is 13.3. The van der Waals surface area contributed by atoms with Crippen LogP contribution in [-0.4, -0.2) is 19.2 Å². The molecule has 0 unspecified atom stereocenters. The molecule has 0 N–H and O–H groups in total. The zero-order valence-corrected chi connectivity index (χ0v) is 16.1. The highest BCUT2D eigenvalue weighted by Gasteiger charge is 2.15. The predicted octanol–water partition coefficient (Wildman–Crippen LogP) is 4.05. The summed E-state index contributed by atoms with van der Waals surface area (Å²) in [7, 11) is 0. The van der Waals surface area contributed by atoms with Gasteiger partial charge in [0.1, 0.15) is 0 Å². The molecule has 0 aliphatic rings. The normalized spacial score (nSPS) is 11.5. The molecule has 0 amide bonds. The molecule has 0 saturated carbocycles. The minimum absolute atomic E-state index is 0.139. The number of unbranched alkanes of at least 4 members (excludes halogenated alkanes) is 1. The van der Waals surface area contributed by atoms with Crippen LogP contribution in [0.3, 0.4) is 0 Å². The van der Waals surface area contributed by atoms with Crippen molar-refractivity contribution in [1.82, 2.24) is 19.2 Å². The van der Waals surface area contributed by atoms with Crippen molar-refractivity contribution in [3.05, 3.63) is 75.5 Å². The van der Waals surface area contributed by atoms with Crippen LogP contribution in [-0.2, 0) is 13.0 Å². The summed E-state index contributed by atoms with van der Waals surface area (Å²) < 4.78 is 3.28. The molecule has 4 aromatic rings. The van der Waals surface area contributed by atoms with Gasteiger partial charge in [-0.15, -0.1) is 5.10 Å². The van der Waals surface area contributed by atoms with Crippen LogP contribution in [0.4, 0.5) is 0 Å². The lowest BCUT2D eigenvalue weighted by molar-refractivity contribution is 0.695. The van der Waals surface area contributed by atoms with Gasteiger partial charge in [0.05, 0.1) is 12.1 Å². The zero-order chi connectivity index (χ0) is 19.0. The van der Waals surface area contributed by atoms with Crippen molar-refractivity contribution in [2.45, 2.75) is 46.6 Å². The van der Waals surface area contributed by atoms with Crippen molar-refractivity contribution < 1.29 is 0 Å². The average Bonchev–Trinajstić information content (AvgIpc) is 3.11. The summed E-state index contributed by atoms with van der Waals surface area (Å²) in [5, 5.41) is 5.47. The first kappa shape index (κ1) is 17.5. The second kappa shape index (κ2) is 6.99. The number of nitrogens with zero attached hydrogens (tertiary/aromatic N) is 4. The standard InChI is InChI=1S/C22H24N4O/c1-4-5-10-20-23-21-18-8-6-7-9-19(18)25(22(27)26(21)24-20)14-17-13-15(2)11-12-16(17)3/h6-9,11-13H,4-5,10,14H2,1-3H3. The smallest absolute Gasteiger partial charge is 0.287 e. The highest BCUT2D eigenvalue weighted by molar-refractivity contribution is 5.91. The third-order valence-electron chi connectivity index (χ3n) is 5.09. The molecule has 0 radical (unpaired) electrons. The number of para-hydroxylation sites is 1. The Morgan fingerprint density at radius 1 is 1.07 bits per heavy atom. The summed E-state index contributed by atoms with van der Waals surface area (Å²) in [4.78, 5) is 17.9. The first-order chi connectivity index (χ1) is 13.1. The highest BCUT2D eigenvalue weighted by Crippen LogP contribution is 2.19. The average molecular weight is 360 g/mol. The lowest BCUT2D eigenvalue weighted by Crippen LogP contribution is -2.28. The first-order valence-electron chi connectivity index (χ1n) is 9.52. The van der Waals surface area contributed by atoms with Crippen molar-refractivity contribution >= 4 is 16.6 Å². The van der Waals surface area contributed by atoms with Gasteiger partial charge in [0, 0.05) is 11.8 Å². The van der Waals surface area contributed by atoms with E-state index in [1.54, 1.807) is 0 Å². The van der Waals surface area contributed by atoms with Crippen LogP contribution < -0.4 is 5.69 Å². The number of hydrogen-bond donors (Lipinski definition) is 0.